The minimum absolute atomic E-state index is 0.572. The lowest BCUT2D eigenvalue weighted by atomic mass is 10.1. The summed E-state index contributed by atoms with van der Waals surface area (Å²) in [6.07, 6.45) is 3.78. The van der Waals surface area contributed by atoms with Crippen molar-refractivity contribution in [2.24, 2.45) is 7.05 Å². The molecule has 0 aromatic carbocycles. The van der Waals surface area contributed by atoms with E-state index in [-0.39, 0.29) is 0 Å². The molecule has 0 aliphatic rings. The van der Waals surface area contributed by atoms with Crippen molar-refractivity contribution < 1.29 is 0 Å². The van der Waals surface area contributed by atoms with E-state index >= 15 is 0 Å². The Hall–Kier alpha value is -0.575. The topological polar surface area (TPSA) is 43.8 Å². The van der Waals surface area contributed by atoms with Crippen LogP contribution in [0.15, 0.2) is 6.20 Å². The van der Waals surface area contributed by atoms with Gasteiger partial charge in [0.1, 0.15) is 5.82 Å². The van der Waals surface area contributed by atoms with E-state index in [0.29, 0.717) is 5.82 Å². The van der Waals surface area contributed by atoms with Crippen LogP contribution in [0.2, 0.25) is 0 Å². The number of nitrogens with two attached hydrogens (primary N) is 1. The number of anilines is 1. The van der Waals surface area contributed by atoms with E-state index in [0.717, 1.165) is 5.72 Å². The molecule has 0 saturated heterocycles. The third kappa shape index (κ3) is 1.47. The summed E-state index contributed by atoms with van der Waals surface area (Å²) in [5, 5.41) is 0. The van der Waals surface area contributed by atoms with E-state index < -0.39 is 0 Å². The Morgan fingerprint density at radius 3 is 2.90 bits per heavy atom. The smallest absolute Gasteiger partial charge is 0.278 e. The van der Waals surface area contributed by atoms with Crippen LogP contribution in [0.3, 0.4) is 0 Å². The molecule has 0 saturated carbocycles. The molecular formula is C5H9BN3S. The number of nitrogens with zero attached hydrogens (tertiary/aromatic N) is 2. The van der Waals surface area contributed by atoms with Crippen molar-refractivity contribution >= 4 is 29.7 Å². The first-order valence-corrected chi connectivity index (χ1v) is 4.17. The molecule has 1 aromatic heterocycles. The normalized spacial score (nSPS) is 9.80. The Labute approximate surface area is 65.1 Å². The summed E-state index contributed by atoms with van der Waals surface area (Å²) in [4.78, 5) is 4.06. The van der Waals surface area contributed by atoms with Crippen LogP contribution in [0.5, 0.6) is 0 Å². The lowest BCUT2D eigenvalue weighted by Crippen LogP contribution is -2.21. The highest BCUT2D eigenvalue weighted by molar-refractivity contribution is 8.23. The highest BCUT2D eigenvalue weighted by Crippen LogP contribution is 1.93. The van der Waals surface area contributed by atoms with Crippen molar-refractivity contribution in [1.82, 2.24) is 9.55 Å². The van der Waals surface area contributed by atoms with Crippen LogP contribution in [0.25, 0.3) is 0 Å². The van der Waals surface area contributed by atoms with Crippen LogP contribution >= 0.6 is 11.6 Å². The molecule has 53 valence electrons. The van der Waals surface area contributed by atoms with E-state index in [1.165, 1.54) is 0 Å². The van der Waals surface area contributed by atoms with Crippen molar-refractivity contribution in [3.8, 4) is 0 Å². The third-order valence-electron chi connectivity index (χ3n) is 1.15. The monoisotopic (exact) mass is 154 g/mol. The minimum atomic E-state index is 0.572. The molecule has 1 heterocycles. The molecule has 1 rings (SSSR count). The van der Waals surface area contributed by atoms with Crippen molar-refractivity contribution in [2.45, 2.75) is 0 Å². The second-order valence-electron chi connectivity index (χ2n) is 1.99. The molecule has 2 N–H and O–H groups in total. The first-order chi connectivity index (χ1) is 4.74. The van der Waals surface area contributed by atoms with Crippen molar-refractivity contribution in [3.05, 3.63) is 6.20 Å². The number of nitrogen functional groups attached to an aromatic ring is 1. The molecule has 0 unspecified atom stereocenters. The van der Waals surface area contributed by atoms with Gasteiger partial charge in [-0.15, -0.1) is 0 Å². The van der Waals surface area contributed by atoms with Gasteiger partial charge in [-0.05, 0) is 6.26 Å². The molecule has 0 fully saturated rings. The number of imidazole rings is 1. The van der Waals surface area contributed by atoms with Gasteiger partial charge in [0, 0.05) is 13.2 Å². The molecule has 5 heteroatoms. The van der Waals surface area contributed by atoms with Gasteiger partial charge in [-0.2, -0.15) is 0 Å². The van der Waals surface area contributed by atoms with E-state index in [9.17, 15) is 0 Å². The zero-order valence-electron chi connectivity index (χ0n) is 6.03. The molecule has 0 amide bonds. The molecule has 0 bridgehead atoms. The zero-order valence-corrected chi connectivity index (χ0v) is 6.85. The molecule has 1 aromatic rings. The summed E-state index contributed by atoms with van der Waals surface area (Å²) in [7, 11) is 1.92. The van der Waals surface area contributed by atoms with Crippen molar-refractivity contribution in [2.75, 3.05) is 12.0 Å². The summed E-state index contributed by atoms with van der Waals surface area (Å²) >= 11 is 1.62. The lowest BCUT2D eigenvalue weighted by molar-refractivity contribution is 0.951. The van der Waals surface area contributed by atoms with E-state index in [2.05, 4.69) is 4.98 Å². The van der Waals surface area contributed by atoms with E-state index in [1.54, 1.807) is 17.8 Å². The summed E-state index contributed by atoms with van der Waals surface area (Å²) in [5.74, 6) is 0.572. The number of aromatic nitrogens is 2. The maximum Gasteiger partial charge on any atom is 0.278 e. The van der Waals surface area contributed by atoms with Crippen LogP contribution in [-0.2, 0) is 7.05 Å². The van der Waals surface area contributed by atoms with Gasteiger partial charge in [0.05, 0.1) is 5.72 Å². The fraction of sp³-hybridized carbons (Fsp3) is 0.400. The Kier molecular flexibility index (Phi) is 2.27. The van der Waals surface area contributed by atoms with Gasteiger partial charge in [-0.25, -0.2) is 16.6 Å². The highest BCUT2D eigenvalue weighted by atomic mass is 32.2. The maximum atomic E-state index is 5.45. The number of rotatable bonds is 2. The molecule has 3 nitrogen and oxygen atoms in total. The van der Waals surface area contributed by atoms with Crippen LogP contribution in [-0.4, -0.2) is 22.4 Å². The standard InChI is InChI=1S/C5H9BN3S/c1-9-3-4(7)8-5(9)6-10-2/h3H,7H2,1-2H3. The molecule has 0 spiro atoms. The van der Waals surface area contributed by atoms with Gasteiger partial charge in [0.25, 0.3) is 6.56 Å². The van der Waals surface area contributed by atoms with Gasteiger partial charge in [0.15, 0.2) is 0 Å². The van der Waals surface area contributed by atoms with E-state index in [1.807, 2.05) is 24.4 Å². The SMILES string of the molecule is CS[B]c1nc(N)cn1C. The first-order valence-electron chi connectivity index (χ1n) is 2.89. The summed E-state index contributed by atoms with van der Waals surface area (Å²) in [6.45, 7) is 1.95. The van der Waals surface area contributed by atoms with Gasteiger partial charge < -0.3 is 10.3 Å². The molecule has 0 atom stereocenters. The average Bonchev–Trinajstić information content (AvgIpc) is 2.13. The van der Waals surface area contributed by atoms with Gasteiger partial charge >= 0.3 is 0 Å². The second kappa shape index (κ2) is 3.01. The quantitative estimate of drug-likeness (QED) is 0.590. The summed E-state index contributed by atoms with van der Waals surface area (Å²) < 4.78 is 1.89. The third-order valence-corrected chi connectivity index (χ3v) is 1.60. The largest absolute Gasteiger partial charge is 0.382 e. The number of hydrogen-bond donors (Lipinski definition) is 1. The van der Waals surface area contributed by atoms with Crippen molar-refractivity contribution in [1.29, 1.82) is 0 Å². The zero-order chi connectivity index (χ0) is 7.56. The molecular weight excluding hydrogens is 145 g/mol. The lowest BCUT2D eigenvalue weighted by Gasteiger charge is -1.94. The number of aryl methyl sites for hydroxylation is 1. The van der Waals surface area contributed by atoms with Crippen LogP contribution in [0.4, 0.5) is 5.82 Å². The van der Waals surface area contributed by atoms with Gasteiger partial charge in [-0.3, -0.25) is 0 Å². The Morgan fingerprint density at radius 2 is 2.50 bits per heavy atom. The predicted molar refractivity (Wildman–Crippen MR) is 46.5 cm³/mol. The average molecular weight is 154 g/mol. The van der Waals surface area contributed by atoms with Crippen LogP contribution < -0.4 is 11.5 Å². The van der Waals surface area contributed by atoms with Crippen molar-refractivity contribution in [3.63, 3.8) is 0 Å². The van der Waals surface area contributed by atoms with E-state index in [4.69, 9.17) is 5.73 Å². The highest BCUT2D eigenvalue weighted by Gasteiger charge is 2.01. The minimum Gasteiger partial charge on any atom is -0.382 e. The molecule has 10 heavy (non-hydrogen) atoms. The Bertz CT molecular complexity index is 223. The van der Waals surface area contributed by atoms with Crippen LogP contribution in [0, 0.1) is 0 Å². The fourth-order valence-electron chi connectivity index (χ4n) is 0.719. The van der Waals surface area contributed by atoms with Gasteiger partial charge in [-0.1, -0.05) is 0 Å². The fourth-order valence-corrected chi connectivity index (χ4v) is 1.15. The number of hydrogen-bond acceptors (Lipinski definition) is 3. The Balaban J connectivity index is 2.81. The summed E-state index contributed by atoms with van der Waals surface area (Å²) in [5.41, 5.74) is 6.36. The maximum absolute atomic E-state index is 5.45. The first kappa shape index (κ1) is 7.53. The Morgan fingerprint density at radius 1 is 1.80 bits per heavy atom. The molecule has 0 aliphatic heterocycles. The predicted octanol–water partition coefficient (Wildman–Crippen LogP) is -0.390. The van der Waals surface area contributed by atoms with Crippen LogP contribution in [0.1, 0.15) is 0 Å². The summed E-state index contributed by atoms with van der Waals surface area (Å²) in [6, 6.07) is 0. The van der Waals surface area contributed by atoms with Gasteiger partial charge in [0.2, 0.25) is 0 Å². The molecule has 0 aliphatic carbocycles. The second-order valence-corrected chi connectivity index (χ2v) is 2.70. The molecule has 1 radical (unpaired) electrons.